The molecule has 7 N–H and O–H groups in total. The molecule has 2 aromatic heterocycles. The normalized spacial score (nSPS) is 19.3. The standard InChI is InChI=1S/C20H24FN7O/c1-10-12-8-11(6-7-16(12)28-27-10)24-19-13(18(23)29)9-14(21)20(26-19)25-17-5-3-2-4-15(17)22/h6-9,15,17H,2-5,22H2,1H3,(H2,23,29)(H,27,28)(H2,24,25,26)/t15-,17+/m0/s1. The molecule has 8 nitrogen and oxygen atoms in total. The number of aromatic amines is 1. The van der Waals surface area contributed by atoms with Crippen molar-refractivity contribution in [1.82, 2.24) is 15.2 Å². The van der Waals surface area contributed by atoms with E-state index in [1.54, 1.807) is 0 Å². The van der Waals surface area contributed by atoms with E-state index in [0.29, 0.717) is 5.69 Å². The molecular weight excluding hydrogens is 373 g/mol. The number of nitrogens with one attached hydrogen (secondary N) is 3. The van der Waals surface area contributed by atoms with Crippen LogP contribution in [0.4, 0.5) is 21.7 Å². The molecule has 0 radical (unpaired) electrons. The number of H-pyrrole nitrogens is 1. The van der Waals surface area contributed by atoms with E-state index in [2.05, 4.69) is 25.8 Å². The predicted molar refractivity (Wildman–Crippen MR) is 111 cm³/mol. The van der Waals surface area contributed by atoms with Crippen molar-refractivity contribution in [3.63, 3.8) is 0 Å². The first-order chi connectivity index (χ1) is 13.9. The number of carbonyl (C=O) groups is 1. The van der Waals surface area contributed by atoms with E-state index in [-0.39, 0.29) is 29.3 Å². The van der Waals surface area contributed by atoms with Crippen molar-refractivity contribution in [3.05, 3.63) is 41.3 Å². The van der Waals surface area contributed by atoms with Crippen LogP contribution >= 0.6 is 0 Å². The molecule has 29 heavy (non-hydrogen) atoms. The van der Waals surface area contributed by atoms with Gasteiger partial charge in [-0.1, -0.05) is 12.8 Å². The summed E-state index contributed by atoms with van der Waals surface area (Å²) >= 11 is 0. The van der Waals surface area contributed by atoms with E-state index in [9.17, 15) is 9.18 Å². The van der Waals surface area contributed by atoms with Crippen molar-refractivity contribution in [2.24, 2.45) is 11.5 Å². The molecule has 1 saturated carbocycles. The van der Waals surface area contributed by atoms with Gasteiger partial charge in [0.2, 0.25) is 0 Å². The van der Waals surface area contributed by atoms with E-state index in [1.165, 1.54) is 0 Å². The molecule has 1 aliphatic carbocycles. The Morgan fingerprint density at radius 3 is 2.79 bits per heavy atom. The number of benzene rings is 1. The van der Waals surface area contributed by atoms with Crippen LogP contribution in [0, 0.1) is 12.7 Å². The highest BCUT2D eigenvalue weighted by Crippen LogP contribution is 2.28. The van der Waals surface area contributed by atoms with Crippen LogP contribution < -0.4 is 22.1 Å². The van der Waals surface area contributed by atoms with Crippen molar-refractivity contribution < 1.29 is 9.18 Å². The number of halogens is 1. The fourth-order valence-corrected chi connectivity index (χ4v) is 3.74. The average molecular weight is 397 g/mol. The highest BCUT2D eigenvalue weighted by atomic mass is 19.1. The average Bonchev–Trinajstić information content (AvgIpc) is 3.06. The summed E-state index contributed by atoms with van der Waals surface area (Å²) in [6.07, 6.45) is 3.83. The van der Waals surface area contributed by atoms with Gasteiger partial charge >= 0.3 is 0 Å². The van der Waals surface area contributed by atoms with Gasteiger partial charge in [0.05, 0.1) is 11.1 Å². The summed E-state index contributed by atoms with van der Waals surface area (Å²) in [7, 11) is 0. The maximum absolute atomic E-state index is 14.6. The van der Waals surface area contributed by atoms with Gasteiger partial charge in [-0.25, -0.2) is 9.37 Å². The summed E-state index contributed by atoms with van der Waals surface area (Å²) in [5.74, 6) is -1.16. The summed E-state index contributed by atoms with van der Waals surface area (Å²) in [4.78, 5) is 16.2. The third kappa shape index (κ3) is 3.86. The largest absolute Gasteiger partial charge is 0.365 e. The summed E-state index contributed by atoms with van der Waals surface area (Å²) in [6, 6.07) is 6.51. The number of nitrogens with zero attached hydrogens (tertiary/aromatic N) is 2. The lowest BCUT2D eigenvalue weighted by Gasteiger charge is -2.30. The van der Waals surface area contributed by atoms with Crippen molar-refractivity contribution in [2.45, 2.75) is 44.7 Å². The molecule has 2 heterocycles. The van der Waals surface area contributed by atoms with Crippen molar-refractivity contribution >= 4 is 34.1 Å². The number of carbonyl (C=O) groups excluding carboxylic acids is 1. The molecule has 9 heteroatoms. The van der Waals surface area contributed by atoms with Crippen LogP contribution in [0.5, 0.6) is 0 Å². The lowest BCUT2D eigenvalue weighted by molar-refractivity contribution is 0.100. The van der Waals surface area contributed by atoms with Gasteiger partial charge in [0.25, 0.3) is 5.91 Å². The Hall–Kier alpha value is -3.20. The van der Waals surface area contributed by atoms with Gasteiger partial charge in [-0.15, -0.1) is 0 Å². The van der Waals surface area contributed by atoms with Gasteiger partial charge in [-0.2, -0.15) is 5.10 Å². The molecule has 0 saturated heterocycles. The Kier molecular flexibility index (Phi) is 5.06. The third-order valence-electron chi connectivity index (χ3n) is 5.39. The molecule has 2 atom stereocenters. The third-order valence-corrected chi connectivity index (χ3v) is 5.39. The molecule has 1 amide bonds. The molecule has 0 aliphatic heterocycles. The van der Waals surface area contributed by atoms with Gasteiger partial charge in [-0.3, -0.25) is 9.89 Å². The minimum Gasteiger partial charge on any atom is -0.365 e. The quantitative estimate of drug-likeness (QED) is 0.449. The van der Waals surface area contributed by atoms with Crippen molar-refractivity contribution in [1.29, 1.82) is 0 Å². The van der Waals surface area contributed by atoms with E-state index in [0.717, 1.165) is 48.3 Å². The lowest BCUT2D eigenvalue weighted by atomic mass is 9.91. The number of primary amides is 1. The molecule has 0 bridgehead atoms. The number of aromatic nitrogens is 3. The first-order valence-corrected chi connectivity index (χ1v) is 9.66. The molecule has 0 unspecified atom stereocenters. The van der Waals surface area contributed by atoms with Gasteiger partial charge in [0.1, 0.15) is 5.82 Å². The smallest absolute Gasteiger partial charge is 0.252 e. The number of nitrogens with two attached hydrogens (primary N) is 2. The zero-order chi connectivity index (χ0) is 20.5. The number of anilines is 3. The van der Waals surface area contributed by atoms with Gasteiger partial charge < -0.3 is 22.1 Å². The topological polar surface area (TPSA) is 135 Å². The van der Waals surface area contributed by atoms with Crippen LogP contribution in [0.1, 0.15) is 41.7 Å². The second-order valence-electron chi connectivity index (χ2n) is 7.48. The Bertz CT molecular complexity index is 1060. The second-order valence-corrected chi connectivity index (χ2v) is 7.48. The Balaban J connectivity index is 1.68. The molecule has 1 aliphatic rings. The first-order valence-electron chi connectivity index (χ1n) is 9.66. The SMILES string of the molecule is Cc1[nH]nc2ccc(Nc3nc(N[C@@H]4CCCC[C@@H]4N)c(F)cc3C(N)=O)cc12. The fraction of sp³-hybridized carbons (Fsp3) is 0.350. The number of fused-ring (bicyclic) bond motifs is 1. The van der Waals surface area contributed by atoms with E-state index in [4.69, 9.17) is 11.5 Å². The van der Waals surface area contributed by atoms with Crippen LogP contribution in [-0.4, -0.2) is 33.2 Å². The summed E-state index contributed by atoms with van der Waals surface area (Å²) in [6.45, 7) is 1.92. The highest BCUT2D eigenvalue weighted by Gasteiger charge is 2.24. The van der Waals surface area contributed by atoms with Crippen LogP contribution in [-0.2, 0) is 0 Å². The lowest BCUT2D eigenvalue weighted by Crippen LogP contribution is -2.43. The maximum atomic E-state index is 14.6. The maximum Gasteiger partial charge on any atom is 0.252 e. The van der Waals surface area contributed by atoms with Gasteiger partial charge in [0.15, 0.2) is 11.6 Å². The van der Waals surface area contributed by atoms with Crippen LogP contribution in [0.3, 0.4) is 0 Å². The van der Waals surface area contributed by atoms with Crippen LogP contribution in [0.25, 0.3) is 10.9 Å². The van der Waals surface area contributed by atoms with E-state index in [1.807, 2.05) is 25.1 Å². The molecule has 1 fully saturated rings. The molecule has 152 valence electrons. The number of rotatable bonds is 5. The minimum atomic E-state index is -0.764. The zero-order valence-electron chi connectivity index (χ0n) is 16.1. The number of amides is 1. The highest BCUT2D eigenvalue weighted by molar-refractivity contribution is 5.99. The van der Waals surface area contributed by atoms with Crippen molar-refractivity contribution in [3.8, 4) is 0 Å². The Morgan fingerprint density at radius 2 is 2.03 bits per heavy atom. The summed E-state index contributed by atoms with van der Waals surface area (Å²) in [5.41, 5.74) is 14.0. The zero-order valence-corrected chi connectivity index (χ0v) is 16.1. The van der Waals surface area contributed by atoms with Crippen LogP contribution in [0.2, 0.25) is 0 Å². The van der Waals surface area contributed by atoms with E-state index < -0.39 is 11.7 Å². The molecule has 0 spiro atoms. The van der Waals surface area contributed by atoms with E-state index >= 15 is 0 Å². The monoisotopic (exact) mass is 397 g/mol. The number of hydrogen-bond donors (Lipinski definition) is 5. The van der Waals surface area contributed by atoms with Crippen LogP contribution in [0.15, 0.2) is 24.3 Å². The Labute approximate surface area is 167 Å². The molecule has 3 aromatic rings. The number of hydrogen-bond acceptors (Lipinski definition) is 6. The summed E-state index contributed by atoms with van der Waals surface area (Å²) < 4.78 is 14.6. The predicted octanol–water partition coefficient (Wildman–Crippen LogP) is 2.93. The fourth-order valence-electron chi connectivity index (χ4n) is 3.74. The molecular formula is C20H24FN7O. The van der Waals surface area contributed by atoms with Gasteiger partial charge in [0, 0.05) is 28.9 Å². The number of aryl methyl sites for hydroxylation is 1. The molecule has 4 rings (SSSR count). The summed E-state index contributed by atoms with van der Waals surface area (Å²) in [5, 5.41) is 14.3. The number of pyridine rings is 1. The Morgan fingerprint density at radius 1 is 1.24 bits per heavy atom. The minimum absolute atomic E-state index is 0.0231. The van der Waals surface area contributed by atoms with Gasteiger partial charge in [-0.05, 0) is 44.0 Å². The second kappa shape index (κ2) is 7.67. The molecule has 1 aromatic carbocycles. The first kappa shape index (κ1) is 19.1. The van der Waals surface area contributed by atoms with Crippen molar-refractivity contribution in [2.75, 3.05) is 10.6 Å².